The number of benzene rings is 1. The molecule has 0 saturated carbocycles. The molecule has 0 fully saturated rings. The molecule has 7 nitrogen and oxygen atoms in total. The largest absolute Gasteiger partial charge is 0.480 e. The number of nitro benzene ring substituents is 1. The van der Waals surface area contributed by atoms with Gasteiger partial charge < -0.3 is 10.4 Å². The van der Waals surface area contributed by atoms with Crippen molar-refractivity contribution in [3.8, 4) is 0 Å². The quantitative estimate of drug-likeness (QED) is 0.634. The number of nitro groups is 1. The SMILES string of the molecule is CC(C)(C)C(NC(=O)c1ccc(Br)c([N+](=O)[O-])c1)C(=O)O. The number of nitrogens with one attached hydrogen (secondary N) is 1. The molecule has 1 aromatic rings. The molecular formula is C13H15BrN2O5. The second-order valence-corrected chi connectivity index (χ2v) is 6.39. The van der Waals surface area contributed by atoms with Crippen molar-refractivity contribution in [2.24, 2.45) is 5.41 Å². The van der Waals surface area contributed by atoms with Gasteiger partial charge in [-0.15, -0.1) is 0 Å². The van der Waals surface area contributed by atoms with E-state index in [2.05, 4.69) is 21.2 Å². The molecule has 0 bridgehead atoms. The maximum atomic E-state index is 12.1. The molecule has 0 aliphatic heterocycles. The highest BCUT2D eigenvalue weighted by Crippen LogP contribution is 2.26. The second kappa shape index (κ2) is 6.21. The lowest BCUT2D eigenvalue weighted by atomic mass is 9.86. The van der Waals surface area contributed by atoms with E-state index in [0.717, 1.165) is 6.07 Å². The molecule has 0 heterocycles. The Bertz CT molecular complexity index is 595. The third-order valence-corrected chi connectivity index (χ3v) is 3.46. The molecule has 1 rings (SSSR count). The summed E-state index contributed by atoms with van der Waals surface area (Å²) in [6.07, 6.45) is 0. The monoisotopic (exact) mass is 358 g/mol. The molecule has 0 radical (unpaired) electrons. The Hall–Kier alpha value is -1.96. The van der Waals surface area contributed by atoms with Crippen LogP contribution in [0.25, 0.3) is 0 Å². The van der Waals surface area contributed by atoms with Crippen LogP contribution in [0.1, 0.15) is 31.1 Å². The Morgan fingerprint density at radius 2 is 1.95 bits per heavy atom. The molecule has 2 N–H and O–H groups in total. The van der Waals surface area contributed by atoms with Gasteiger partial charge in [0.15, 0.2) is 0 Å². The van der Waals surface area contributed by atoms with E-state index in [1.54, 1.807) is 20.8 Å². The third-order valence-electron chi connectivity index (χ3n) is 2.79. The summed E-state index contributed by atoms with van der Waals surface area (Å²) in [5, 5.41) is 22.4. The standard InChI is InChI=1S/C13H15BrN2O5/c1-13(2,3)10(12(18)19)15-11(17)7-4-5-8(14)9(6-7)16(20)21/h4-6,10H,1-3H3,(H,15,17)(H,18,19). The molecular weight excluding hydrogens is 344 g/mol. The van der Waals surface area contributed by atoms with Crippen molar-refractivity contribution in [3.63, 3.8) is 0 Å². The highest BCUT2D eigenvalue weighted by atomic mass is 79.9. The lowest BCUT2D eigenvalue weighted by molar-refractivity contribution is -0.385. The first kappa shape index (κ1) is 17.1. The van der Waals surface area contributed by atoms with Crippen LogP contribution in [0.5, 0.6) is 0 Å². The highest BCUT2D eigenvalue weighted by Gasteiger charge is 2.33. The molecule has 0 aliphatic carbocycles. The average Bonchev–Trinajstić information content (AvgIpc) is 2.33. The number of hydrogen-bond acceptors (Lipinski definition) is 4. The van der Waals surface area contributed by atoms with Crippen LogP contribution in [0.2, 0.25) is 0 Å². The molecule has 114 valence electrons. The predicted molar refractivity (Wildman–Crippen MR) is 79.1 cm³/mol. The minimum atomic E-state index is -1.16. The molecule has 21 heavy (non-hydrogen) atoms. The Morgan fingerprint density at radius 3 is 2.38 bits per heavy atom. The molecule has 1 atom stereocenters. The van der Waals surface area contributed by atoms with Gasteiger partial charge in [0, 0.05) is 11.6 Å². The number of aliphatic carboxylic acids is 1. The summed E-state index contributed by atoms with van der Waals surface area (Å²) >= 11 is 3.02. The summed E-state index contributed by atoms with van der Waals surface area (Å²) in [5.41, 5.74) is -0.923. The highest BCUT2D eigenvalue weighted by molar-refractivity contribution is 9.10. The minimum Gasteiger partial charge on any atom is -0.480 e. The first-order valence-electron chi connectivity index (χ1n) is 6.01. The number of amides is 1. The maximum Gasteiger partial charge on any atom is 0.326 e. The summed E-state index contributed by atoms with van der Waals surface area (Å²) in [4.78, 5) is 33.5. The smallest absolute Gasteiger partial charge is 0.326 e. The Labute approximate surface area is 129 Å². The van der Waals surface area contributed by atoms with Crippen LogP contribution in [0.4, 0.5) is 5.69 Å². The van der Waals surface area contributed by atoms with Crippen LogP contribution >= 0.6 is 15.9 Å². The molecule has 0 aromatic heterocycles. The van der Waals surface area contributed by atoms with Gasteiger partial charge in [0.25, 0.3) is 11.6 Å². The van der Waals surface area contributed by atoms with Gasteiger partial charge in [-0.1, -0.05) is 20.8 Å². The fourth-order valence-electron chi connectivity index (χ4n) is 1.66. The third kappa shape index (κ3) is 4.25. The summed E-state index contributed by atoms with van der Waals surface area (Å²) < 4.78 is 0.245. The number of carbonyl (C=O) groups is 2. The zero-order valence-electron chi connectivity index (χ0n) is 11.7. The number of rotatable bonds is 4. The molecule has 1 aromatic carbocycles. The first-order valence-corrected chi connectivity index (χ1v) is 6.81. The lowest BCUT2D eigenvalue weighted by Gasteiger charge is -2.27. The van der Waals surface area contributed by atoms with E-state index in [1.807, 2.05) is 0 Å². The summed E-state index contributed by atoms with van der Waals surface area (Å²) in [7, 11) is 0. The van der Waals surface area contributed by atoms with E-state index < -0.39 is 28.3 Å². The zero-order chi connectivity index (χ0) is 16.4. The average molecular weight is 359 g/mol. The van der Waals surface area contributed by atoms with Crippen LogP contribution in [0, 0.1) is 15.5 Å². The number of nitrogens with zero attached hydrogens (tertiary/aromatic N) is 1. The maximum absolute atomic E-state index is 12.1. The number of hydrogen-bond donors (Lipinski definition) is 2. The summed E-state index contributed by atoms with van der Waals surface area (Å²) in [5.74, 6) is -1.84. The fourth-order valence-corrected chi connectivity index (χ4v) is 2.05. The molecule has 8 heteroatoms. The van der Waals surface area contributed by atoms with Crippen molar-refractivity contribution in [1.29, 1.82) is 0 Å². The van der Waals surface area contributed by atoms with E-state index >= 15 is 0 Å². The van der Waals surface area contributed by atoms with Crippen LogP contribution in [0.15, 0.2) is 22.7 Å². The molecule has 0 aliphatic rings. The first-order chi connectivity index (χ1) is 9.54. The van der Waals surface area contributed by atoms with Crippen molar-refractivity contribution < 1.29 is 19.6 Å². The van der Waals surface area contributed by atoms with Crippen LogP contribution in [-0.4, -0.2) is 27.9 Å². The van der Waals surface area contributed by atoms with Gasteiger partial charge in [-0.3, -0.25) is 14.9 Å². The van der Waals surface area contributed by atoms with Gasteiger partial charge in [-0.2, -0.15) is 0 Å². The molecule has 1 unspecified atom stereocenters. The topological polar surface area (TPSA) is 110 Å². The van der Waals surface area contributed by atoms with Gasteiger partial charge in [-0.25, -0.2) is 4.79 Å². The molecule has 1 amide bonds. The van der Waals surface area contributed by atoms with E-state index in [-0.39, 0.29) is 15.7 Å². The van der Waals surface area contributed by atoms with E-state index in [9.17, 15) is 19.7 Å². The van der Waals surface area contributed by atoms with Gasteiger partial charge >= 0.3 is 5.97 Å². The van der Waals surface area contributed by atoms with Crippen LogP contribution in [0.3, 0.4) is 0 Å². The summed E-state index contributed by atoms with van der Waals surface area (Å²) in [6, 6.07) is 2.75. The fraction of sp³-hybridized carbons (Fsp3) is 0.385. The van der Waals surface area contributed by atoms with Gasteiger partial charge in [0.1, 0.15) is 6.04 Å². The van der Waals surface area contributed by atoms with Crippen molar-refractivity contribution in [1.82, 2.24) is 5.32 Å². The van der Waals surface area contributed by atoms with Crippen LogP contribution in [-0.2, 0) is 4.79 Å². The van der Waals surface area contributed by atoms with E-state index in [4.69, 9.17) is 5.11 Å². The Kier molecular flexibility index (Phi) is 5.06. The van der Waals surface area contributed by atoms with E-state index in [0.29, 0.717) is 0 Å². The Morgan fingerprint density at radius 1 is 1.38 bits per heavy atom. The van der Waals surface area contributed by atoms with Gasteiger partial charge in [0.2, 0.25) is 0 Å². The number of carbonyl (C=O) groups excluding carboxylic acids is 1. The van der Waals surface area contributed by atoms with Crippen LogP contribution < -0.4 is 5.32 Å². The second-order valence-electron chi connectivity index (χ2n) is 5.53. The van der Waals surface area contributed by atoms with Gasteiger partial charge in [0.05, 0.1) is 9.40 Å². The normalized spacial score (nSPS) is 12.6. The van der Waals surface area contributed by atoms with Gasteiger partial charge in [-0.05, 0) is 33.5 Å². The van der Waals surface area contributed by atoms with Crippen molar-refractivity contribution in [2.75, 3.05) is 0 Å². The van der Waals surface area contributed by atoms with Crippen molar-refractivity contribution in [2.45, 2.75) is 26.8 Å². The zero-order valence-corrected chi connectivity index (χ0v) is 13.3. The number of carboxylic acid groups (broad SMARTS) is 1. The lowest BCUT2D eigenvalue weighted by Crippen LogP contribution is -2.49. The minimum absolute atomic E-state index is 0.0281. The predicted octanol–water partition coefficient (Wildman–Crippen LogP) is 2.59. The summed E-state index contributed by atoms with van der Waals surface area (Å²) in [6.45, 7) is 5.03. The van der Waals surface area contributed by atoms with E-state index in [1.165, 1.54) is 12.1 Å². The Balaban J connectivity index is 3.07. The van der Waals surface area contributed by atoms with Crippen molar-refractivity contribution >= 4 is 33.5 Å². The molecule has 0 spiro atoms. The number of halogens is 1. The number of carboxylic acids is 1. The molecule has 0 saturated heterocycles. The van der Waals surface area contributed by atoms with Crippen molar-refractivity contribution in [3.05, 3.63) is 38.3 Å².